The second-order valence-electron chi connectivity index (χ2n) is 4.49. The van der Waals surface area contributed by atoms with E-state index in [0.29, 0.717) is 12.2 Å². The molecule has 126 valence electrons. The topological polar surface area (TPSA) is 105 Å². The summed E-state index contributed by atoms with van der Waals surface area (Å²) < 4.78 is 19.2. The number of rotatable bonds is 6. The van der Waals surface area contributed by atoms with Gasteiger partial charge in [0.1, 0.15) is 5.75 Å². The average Bonchev–Trinajstić information content (AvgIpc) is 2.43. The SMILES string of the molecule is CCCCCOP(=O)(O)O.CNC(=O)Oc1cccc(C)c1. The fraction of sp³-hybridized carbons (Fsp3) is 0.500. The summed E-state index contributed by atoms with van der Waals surface area (Å²) in [7, 11) is -2.68. The normalized spacial score (nSPS) is 10.4. The number of hydrogen-bond acceptors (Lipinski definition) is 4. The number of hydrogen-bond donors (Lipinski definition) is 3. The van der Waals surface area contributed by atoms with Gasteiger partial charge in [-0.2, -0.15) is 0 Å². The summed E-state index contributed by atoms with van der Waals surface area (Å²) in [5.74, 6) is 0.564. The number of amides is 1. The van der Waals surface area contributed by atoms with Crippen LogP contribution in [-0.2, 0) is 9.09 Å². The maximum Gasteiger partial charge on any atom is 0.469 e. The van der Waals surface area contributed by atoms with Gasteiger partial charge in [-0.15, -0.1) is 0 Å². The van der Waals surface area contributed by atoms with E-state index in [1.165, 1.54) is 7.05 Å². The van der Waals surface area contributed by atoms with E-state index in [1.54, 1.807) is 12.1 Å². The van der Waals surface area contributed by atoms with Crippen LogP contribution < -0.4 is 10.1 Å². The molecule has 0 bridgehead atoms. The first-order chi connectivity index (χ1) is 10.3. The van der Waals surface area contributed by atoms with Gasteiger partial charge in [0, 0.05) is 7.05 Å². The summed E-state index contributed by atoms with van der Waals surface area (Å²) in [6.07, 6.45) is 2.23. The molecule has 8 heteroatoms. The number of phosphoric ester groups is 1. The largest absolute Gasteiger partial charge is 0.469 e. The van der Waals surface area contributed by atoms with E-state index < -0.39 is 13.9 Å². The molecule has 0 unspecified atom stereocenters. The quantitative estimate of drug-likeness (QED) is 0.546. The maximum atomic E-state index is 10.8. The zero-order chi connectivity index (χ0) is 17.0. The summed E-state index contributed by atoms with van der Waals surface area (Å²) in [6.45, 7) is 4.10. The van der Waals surface area contributed by atoms with Crippen LogP contribution in [0.4, 0.5) is 4.79 Å². The van der Waals surface area contributed by atoms with Gasteiger partial charge in [0.15, 0.2) is 0 Å². The van der Waals surface area contributed by atoms with Crippen molar-refractivity contribution in [2.75, 3.05) is 13.7 Å². The van der Waals surface area contributed by atoms with Crippen LogP contribution in [0.3, 0.4) is 0 Å². The summed E-state index contributed by atoms with van der Waals surface area (Å²) in [5.41, 5.74) is 1.07. The highest BCUT2D eigenvalue weighted by Gasteiger charge is 2.11. The van der Waals surface area contributed by atoms with Gasteiger partial charge in [-0.25, -0.2) is 9.36 Å². The van der Waals surface area contributed by atoms with E-state index in [9.17, 15) is 9.36 Å². The molecule has 3 N–H and O–H groups in total. The van der Waals surface area contributed by atoms with E-state index >= 15 is 0 Å². The van der Waals surface area contributed by atoms with Crippen LogP contribution in [0.15, 0.2) is 24.3 Å². The molecular formula is C14H24NO6P. The lowest BCUT2D eigenvalue weighted by Gasteiger charge is -2.02. The number of nitrogens with one attached hydrogen (secondary N) is 1. The first-order valence-corrected chi connectivity index (χ1v) is 8.47. The molecule has 0 saturated carbocycles. The molecule has 7 nitrogen and oxygen atoms in total. The third kappa shape index (κ3) is 12.3. The summed E-state index contributed by atoms with van der Waals surface area (Å²) in [6, 6.07) is 7.32. The molecule has 1 aromatic carbocycles. The van der Waals surface area contributed by atoms with E-state index in [4.69, 9.17) is 14.5 Å². The fourth-order valence-corrected chi connectivity index (χ4v) is 1.74. The van der Waals surface area contributed by atoms with Gasteiger partial charge >= 0.3 is 13.9 Å². The molecule has 0 aliphatic rings. The number of ether oxygens (including phenoxy) is 1. The van der Waals surface area contributed by atoms with Crippen molar-refractivity contribution in [2.24, 2.45) is 0 Å². The number of benzene rings is 1. The van der Waals surface area contributed by atoms with Crippen LogP contribution in [0.2, 0.25) is 0 Å². The van der Waals surface area contributed by atoms with Crippen molar-refractivity contribution < 1.29 is 28.4 Å². The lowest BCUT2D eigenvalue weighted by molar-refractivity contribution is 0.193. The molecular weight excluding hydrogens is 309 g/mol. The van der Waals surface area contributed by atoms with E-state index in [2.05, 4.69) is 9.84 Å². The lowest BCUT2D eigenvalue weighted by atomic mass is 10.2. The lowest BCUT2D eigenvalue weighted by Crippen LogP contribution is -2.21. The summed E-state index contributed by atoms with van der Waals surface area (Å²) in [5, 5.41) is 2.37. The Kier molecular flexibility index (Phi) is 10.5. The Labute approximate surface area is 130 Å². The maximum absolute atomic E-state index is 10.8. The standard InChI is InChI=1S/C9H11NO2.C5H13O4P/c1-7-4-3-5-8(6-7)12-9(11)10-2;1-2-3-4-5-9-10(6,7)8/h3-6H,1-2H3,(H,10,11);2-5H2,1H3,(H2,6,7,8). The third-order valence-electron chi connectivity index (χ3n) is 2.41. The summed E-state index contributed by atoms with van der Waals surface area (Å²) in [4.78, 5) is 27.2. The van der Waals surface area contributed by atoms with Gasteiger partial charge in [0.2, 0.25) is 0 Å². The van der Waals surface area contributed by atoms with Crippen molar-refractivity contribution >= 4 is 13.9 Å². The Morgan fingerprint density at radius 3 is 2.50 bits per heavy atom. The minimum Gasteiger partial charge on any atom is -0.410 e. The molecule has 1 aromatic rings. The van der Waals surface area contributed by atoms with E-state index in [-0.39, 0.29) is 6.61 Å². The molecule has 0 fully saturated rings. The number of unbranched alkanes of at least 4 members (excludes halogenated alkanes) is 2. The van der Waals surface area contributed by atoms with Gasteiger partial charge < -0.3 is 19.8 Å². The van der Waals surface area contributed by atoms with Gasteiger partial charge in [-0.1, -0.05) is 31.9 Å². The smallest absolute Gasteiger partial charge is 0.410 e. The third-order valence-corrected chi connectivity index (χ3v) is 2.93. The van der Waals surface area contributed by atoms with Crippen LogP contribution in [-0.4, -0.2) is 29.5 Å². The number of phosphoric acid groups is 1. The number of carbonyl (C=O) groups excluding carboxylic acids is 1. The number of aryl methyl sites for hydroxylation is 1. The first-order valence-electron chi connectivity index (χ1n) is 6.94. The van der Waals surface area contributed by atoms with Gasteiger partial charge in [-0.05, 0) is 31.0 Å². The zero-order valence-electron chi connectivity index (χ0n) is 13.1. The van der Waals surface area contributed by atoms with Crippen molar-refractivity contribution in [3.63, 3.8) is 0 Å². The Morgan fingerprint density at radius 2 is 2.00 bits per heavy atom. The van der Waals surface area contributed by atoms with Crippen molar-refractivity contribution in [1.82, 2.24) is 5.32 Å². The molecule has 22 heavy (non-hydrogen) atoms. The van der Waals surface area contributed by atoms with Crippen molar-refractivity contribution in [1.29, 1.82) is 0 Å². The Morgan fingerprint density at radius 1 is 1.32 bits per heavy atom. The summed E-state index contributed by atoms with van der Waals surface area (Å²) >= 11 is 0. The Bertz CT molecular complexity index is 488. The highest BCUT2D eigenvalue weighted by atomic mass is 31.2. The average molecular weight is 333 g/mol. The van der Waals surface area contributed by atoms with E-state index in [0.717, 1.165) is 18.4 Å². The minimum absolute atomic E-state index is 0.151. The molecule has 0 aromatic heterocycles. The highest BCUT2D eigenvalue weighted by molar-refractivity contribution is 7.46. The van der Waals surface area contributed by atoms with Crippen molar-refractivity contribution in [2.45, 2.75) is 33.1 Å². The van der Waals surface area contributed by atoms with Gasteiger partial charge in [-0.3, -0.25) is 4.52 Å². The van der Waals surface area contributed by atoms with Crippen LogP contribution in [0.1, 0.15) is 31.7 Å². The van der Waals surface area contributed by atoms with Crippen LogP contribution in [0.25, 0.3) is 0 Å². The Balaban J connectivity index is 0.000000409. The molecule has 0 aliphatic carbocycles. The van der Waals surface area contributed by atoms with Gasteiger partial charge in [0.25, 0.3) is 0 Å². The second kappa shape index (κ2) is 11.2. The molecule has 1 rings (SSSR count). The molecule has 0 atom stereocenters. The predicted octanol–water partition coefficient (Wildman–Crippen LogP) is 3.00. The molecule has 0 heterocycles. The molecule has 0 aliphatic heterocycles. The van der Waals surface area contributed by atoms with Crippen molar-refractivity contribution in [3.05, 3.63) is 29.8 Å². The van der Waals surface area contributed by atoms with Crippen molar-refractivity contribution in [3.8, 4) is 5.75 Å². The molecule has 0 spiro atoms. The molecule has 0 saturated heterocycles. The highest BCUT2D eigenvalue weighted by Crippen LogP contribution is 2.35. The van der Waals surface area contributed by atoms with Crippen LogP contribution in [0, 0.1) is 6.92 Å². The second-order valence-corrected chi connectivity index (χ2v) is 5.73. The van der Waals surface area contributed by atoms with Crippen LogP contribution in [0.5, 0.6) is 5.75 Å². The predicted molar refractivity (Wildman–Crippen MR) is 83.8 cm³/mol. The Hall–Kier alpha value is -1.40. The van der Waals surface area contributed by atoms with Crippen LogP contribution >= 0.6 is 7.82 Å². The van der Waals surface area contributed by atoms with E-state index in [1.807, 2.05) is 26.0 Å². The zero-order valence-corrected chi connectivity index (χ0v) is 14.0. The molecule has 0 radical (unpaired) electrons. The fourth-order valence-electron chi connectivity index (χ4n) is 1.37. The first kappa shape index (κ1) is 20.6. The monoisotopic (exact) mass is 333 g/mol. The molecule has 1 amide bonds. The van der Waals surface area contributed by atoms with Gasteiger partial charge in [0.05, 0.1) is 6.61 Å². The minimum atomic E-state index is -4.21. The number of carbonyl (C=O) groups is 1.